The first-order chi connectivity index (χ1) is 62.2. The maximum Gasteiger partial charge on any atom is 0.407 e. The van der Waals surface area contributed by atoms with Gasteiger partial charge in [0.15, 0.2) is 0 Å². The number of nitrogens with zero attached hydrogens (tertiary/aromatic N) is 8. The van der Waals surface area contributed by atoms with E-state index in [1.165, 1.54) is 40.6 Å². The van der Waals surface area contributed by atoms with Crippen molar-refractivity contribution in [2.45, 2.75) is 205 Å². The number of nitrogens with one attached hydrogen (secondary N) is 8. The van der Waals surface area contributed by atoms with Gasteiger partial charge in [-0.2, -0.15) is 17.6 Å². The second kappa shape index (κ2) is 32.8. The lowest BCUT2D eigenvalue weighted by Gasteiger charge is -2.37. The summed E-state index contributed by atoms with van der Waals surface area (Å²) in [6, 6.07) is 27.6. The summed E-state index contributed by atoms with van der Waals surface area (Å²) < 4.78 is 86.0. The highest BCUT2D eigenvalue weighted by Gasteiger charge is 2.59. The maximum absolute atomic E-state index is 16.7. The number of H-pyrrole nitrogens is 4. The molecule has 10 aromatic rings. The Hall–Kier alpha value is -12.6. The van der Waals surface area contributed by atoms with Gasteiger partial charge in [-0.05, 0) is 216 Å². The topological polar surface area (TPSA) is 349 Å². The zero-order valence-corrected chi connectivity index (χ0v) is 74.7. The van der Waals surface area contributed by atoms with Crippen molar-refractivity contribution < 1.29 is 74.9 Å². The molecule has 8 N–H and O–H groups in total. The molecule has 4 aromatic heterocycles. The fourth-order valence-corrected chi connectivity index (χ4v) is 22.1. The van der Waals surface area contributed by atoms with Crippen molar-refractivity contribution in [1.82, 2.24) is 80.7 Å². The first-order valence-corrected chi connectivity index (χ1v) is 45.3. The molecule has 8 amide bonds. The predicted molar refractivity (Wildman–Crippen MR) is 475 cm³/mol. The summed E-state index contributed by atoms with van der Waals surface area (Å²) in [6.45, 7) is 16.2. The molecule has 4 saturated heterocycles. The van der Waals surface area contributed by atoms with Crippen molar-refractivity contribution in [2.24, 2.45) is 46.3 Å². The standard InChI is InChI=1S/2C49H54F2N8O6/c2*1-24(2)39(56-46(62)64-5)44(60)58-23-48(15-16-48)21-38(58)42-52-22-37(55-42)28-9-13-32-31-12-8-26(18-33(31)49(50,51)34(32)19-28)27-10-14-35-36(20-27)54-43(53-35)41-29-7-11-30(17-29)59(41)45(61)40(25(3)4)57-47(63)65-6/h2*8-10,12-14,18-20,22,24-25,29-30,38-41H,7,11,15-17,21,23H2,1-6H3,(H,52,55)(H,53,54)(H,56,62)(H,57,63)/t2*29-,30+,38-,39-,40-,41-/m00/s1. The number of carbonyl (C=O) groups excluding carboxylic acids is 8. The molecule has 28 nitrogen and oxygen atoms in total. The maximum atomic E-state index is 16.7. The van der Waals surface area contributed by atoms with Crippen molar-refractivity contribution in [3.8, 4) is 67.0 Å². The van der Waals surface area contributed by atoms with Crippen LogP contribution in [0.4, 0.5) is 36.7 Å². The fourth-order valence-electron chi connectivity index (χ4n) is 22.1. The minimum Gasteiger partial charge on any atom is -0.453 e. The number of rotatable bonds is 20. The van der Waals surface area contributed by atoms with Crippen LogP contribution in [-0.4, -0.2) is 185 Å². The third-order valence-corrected chi connectivity index (χ3v) is 29.4. The molecule has 680 valence electrons. The number of ether oxygens (including phenoxy) is 4. The molecule has 4 aliphatic heterocycles. The number of aromatic nitrogens is 8. The monoisotopic (exact) mass is 1780 g/mol. The molecule has 6 aromatic carbocycles. The Bertz CT molecular complexity index is 5850. The van der Waals surface area contributed by atoms with Crippen molar-refractivity contribution in [3.05, 3.63) is 167 Å². The van der Waals surface area contributed by atoms with Gasteiger partial charge >= 0.3 is 24.4 Å². The number of imidazole rings is 4. The molecule has 32 heteroatoms. The highest BCUT2D eigenvalue weighted by molar-refractivity contribution is 5.93. The highest BCUT2D eigenvalue weighted by atomic mass is 19.3. The van der Waals surface area contributed by atoms with E-state index in [0.717, 1.165) is 99.2 Å². The molecular weight excluding hydrogens is 1670 g/mol. The largest absolute Gasteiger partial charge is 0.453 e. The van der Waals surface area contributed by atoms with Gasteiger partial charge < -0.3 is 79.8 Å². The van der Waals surface area contributed by atoms with E-state index in [1.54, 1.807) is 58.6 Å². The number of amides is 8. The van der Waals surface area contributed by atoms with E-state index < -0.39 is 60.4 Å². The number of alkyl carbamates (subject to hydrolysis) is 4. The number of halogens is 4. The zero-order valence-electron chi connectivity index (χ0n) is 74.7. The summed E-state index contributed by atoms with van der Waals surface area (Å²) in [7, 11) is 5.09. The van der Waals surface area contributed by atoms with E-state index in [-0.39, 0.29) is 128 Å². The summed E-state index contributed by atoms with van der Waals surface area (Å²) in [5.74, 6) is -5.06. The van der Waals surface area contributed by atoms with Crippen molar-refractivity contribution in [2.75, 3.05) is 41.5 Å². The first-order valence-electron chi connectivity index (χ1n) is 45.3. The molecule has 4 saturated carbocycles. The van der Waals surface area contributed by atoms with Crippen LogP contribution in [0.25, 0.3) is 89.1 Å². The lowest BCUT2D eigenvalue weighted by molar-refractivity contribution is -0.140. The molecule has 6 aliphatic carbocycles. The molecule has 0 unspecified atom stereocenters. The van der Waals surface area contributed by atoms with E-state index in [0.29, 0.717) is 103 Å². The number of benzene rings is 6. The third kappa shape index (κ3) is 15.2. The smallest absolute Gasteiger partial charge is 0.407 e. The van der Waals surface area contributed by atoms with Gasteiger partial charge in [0.25, 0.3) is 11.8 Å². The van der Waals surface area contributed by atoms with E-state index in [9.17, 15) is 38.4 Å². The van der Waals surface area contributed by atoms with Crippen LogP contribution in [0.15, 0.2) is 122 Å². The Balaban J connectivity index is 0.000000168. The van der Waals surface area contributed by atoms with Crippen LogP contribution in [0.3, 0.4) is 0 Å². The Morgan fingerprint density at radius 1 is 0.392 bits per heavy atom. The average Bonchev–Trinajstić information content (AvgIpc) is 1.59. The normalized spacial score (nSPS) is 22.9. The number of methoxy groups -OCH3 is 4. The van der Waals surface area contributed by atoms with Gasteiger partial charge in [-0.3, -0.25) is 19.2 Å². The second-order valence-electron chi connectivity index (χ2n) is 38.9. The van der Waals surface area contributed by atoms with Gasteiger partial charge in [0.2, 0.25) is 23.6 Å². The number of alkyl halides is 4. The predicted octanol–water partition coefficient (Wildman–Crippen LogP) is 17.2. The minimum absolute atomic E-state index is 0.0102. The van der Waals surface area contributed by atoms with Crippen LogP contribution in [0.1, 0.15) is 202 Å². The van der Waals surface area contributed by atoms with Gasteiger partial charge in [-0.1, -0.05) is 116 Å². The van der Waals surface area contributed by atoms with Crippen LogP contribution in [0, 0.1) is 46.3 Å². The van der Waals surface area contributed by atoms with Crippen LogP contribution < -0.4 is 21.3 Å². The number of piperidine rings is 2. The minimum atomic E-state index is -3.29. The number of likely N-dealkylation sites (tertiary alicyclic amines) is 4. The van der Waals surface area contributed by atoms with E-state index in [1.807, 2.05) is 126 Å². The molecule has 12 atom stereocenters. The molecule has 8 fully saturated rings. The number of hydrogen-bond donors (Lipinski definition) is 8. The van der Waals surface area contributed by atoms with Crippen molar-refractivity contribution in [3.63, 3.8) is 0 Å². The van der Waals surface area contributed by atoms with Crippen LogP contribution in [0.5, 0.6) is 0 Å². The summed E-state index contributed by atoms with van der Waals surface area (Å²) >= 11 is 0. The van der Waals surface area contributed by atoms with Crippen molar-refractivity contribution in [1.29, 1.82) is 0 Å². The van der Waals surface area contributed by atoms with Gasteiger partial charge in [-0.25, -0.2) is 39.1 Å². The lowest BCUT2D eigenvalue weighted by atomic mass is 9.95. The summed E-state index contributed by atoms with van der Waals surface area (Å²) in [5, 5.41) is 10.9. The van der Waals surface area contributed by atoms with Crippen LogP contribution in [0.2, 0.25) is 0 Å². The van der Waals surface area contributed by atoms with Gasteiger partial charge in [0, 0.05) is 58.6 Å². The summed E-state index contributed by atoms with van der Waals surface area (Å²) in [4.78, 5) is 145. The number of hydrogen-bond acceptors (Lipinski definition) is 16. The first kappa shape index (κ1) is 86.7. The third-order valence-electron chi connectivity index (χ3n) is 29.4. The fraction of sp³-hybridized carbons (Fsp3) is 0.469. The summed E-state index contributed by atoms with van der Waals surface area (Å²) in [5.41, 5.74) is 9.36. The number of fused-ring (bicyclic) bond motifs is 12. The highest BCUT2D eigenvalue weighted by Crippen LogP contribution is 2.62. The quantitative estimate of drug-likeness (QED) is 0.0260. The average molecular weight is 1780 g/mol. The molecule has 20 rings (SSSR count). The van der Waals surface area contributed by atoms with Crippen LogP contribution >= 0.6 is 0 Å². The second-order valence-corrected chi connectivity index (χ2v) is 38.9. The molecule has 0 radical (unpaired) electrons. The van der Waals surface area contributed by atoms with Gasteiger partial charge in [0.1, 0.15) is 47.5 Å². The number of aromatic amines is 4. The van der Waals surface area contributed by atoms with Crippen molar-refractivity contribution >= 4 is 70.1 Å². The molecule has 130 heavy (non-hydrogen) atoms. The lowest BCUT2D eigenvalue weighted by Crippen LogP contribution is -2.54. The Kier molecular flexibility index (Phi) is 21.9. The van der Waals surface area contributed by atoms with Gasteiger partial charge in [0.05, 0.1) is 98.5 Å². The summed E-state index contributed by atoms with van der Waals surface area (Å²) in [6.07, 6.45) is 11.5. The number of carbonyl (C=O) groups is 8. The Labute approximate surface area is 748 Å². The van der Waals surface area contributed by atoms with E-state index >= 15 is 17.6 Å². The van der Waals surface area contributed by atoms with Gasteiger partial charge in [-0.15, -0.1) is 0 Å². The molecule has 2 spiro atoms. The molecule has 10 aliphatic rings. The molecule has 4 bridgehead atoms. The Morgan fingerprint density at radius 3 is 1.02 bits per heavy atom. The Morgan fingerprint density at radius 2 is 0.700 bits per heavy atom. The van der Waals surface area contributed by atoms with Crippen LogP contribution in [-0.2, 0) is 50.0 Å². The van der Waals surface area contributed by atoms with E-state index in [4.69, 9.17) is 38.9 Å². The van der Waals surface area contributed by atoms with E-state index in [2.05, 4.69) is 41.2 Å². The SMILES string of the molecule is COC(=O)N[C@H](C(=O)N1CC2(CC2)C[C@H]1c1ncc(-c2ccc3c(c2)C(F)(F)c2cc(-c4ccc5nc([C@@H]6[C@H]7CC[C@H](C7)N6C(=O)[C@@H](NC(=O)OC)C(C)C)[nH]c5c4)ccc2-3)[nH]1)C(C)C.COC(=O)N[C@H](C(=O)N1CC2(CC2)C[C@H]1c1ncc(-c2ccc3c(c2)C(F)(F)c2cc(-c4ccc5nc([C@@H]6[C@H]7CC[C@H](C7)N6C(=O)[C@@H](NC(=O)OC)C(C)C)[nH]c5c4)ccc2-3)[nH]1)C(C)C. The molecule has 8 heterocycles. The molecular formula is C98H108F4N16O12. The zero-order chi connectivity index (χ0) is 91.4.